The lowest BCUT2D eigenvalue weighted by Crippen LogP contribution is -2.15. The average Bonchev–Trinajstić information content (AvgIpc) is 3.07. The summed E-state index contributed by atoms with van der Waals surface area (Å²) in [7, 11) is 1.82. The Morgan fingerprint density at radius 1 is 1.38 bits per heavy atom. The maximum absolute atomic E-state index is 12.3. The van der Waals surface area contributed by atoms with Crippen LogP contribution in [0.3, 0.4) is 0 Å². The van der Waals surface area contributed by atoms with E-state index in [-0.39, 0.29) is 5.91 Å². The third-order valence-corrected chi connectivity index (χ3v) is 4.96. The molecule has 2 aromatic heterocycles. The summed E-state index contributed by atoms with van der Waals surface area (Å²) in [5, 5.41) is 10.1. The van der Waals surface area contributed by atoms with Crippen molar-refractivity contribution in [3.8, 4) is 0 Å². The molecule has 1 aliphatic rings. The molecule has 0 aromatic carbocycles. The normalized spacial score (nSPS) is 16.1. The summed E-state index contributed by atoms with van der Waals surface area (Å²) in [6.45, 7) is 1.90. The van der Waals surface area contributed by atoms with Gasteiger partial charge < -0.3 is 5.32 Å². The van der Waals surface area contributed by atoms with Crippen molar-refractivity contribution in [2.75, 3.05) is 5.32 Å². The van der Waals surface area contributed by atoms with Gasteiger partial charge in [-0.15, -0.1) is 11.3 Å². The molecule has 0 unspecified atom stereocenters. The molecule has 0 bridgehead atoms. The lowest BCUT2D eigenvalue weighted by atomic mass is 9.90. The smallest absolute Gasteiger partial charge is 0.276 e. The van der Waals surface area contributed by atoms with E-state index in [0.717, 1.165) is 10.7 Å². The van der Waals surface area contributed by atoms with E-state index >= 15 is 0 Å². The molecule has 1 saturated carbocycles. The Balaban J connectivity index is 1.70. The third kappa shape index (κ3) is 3.15. The predicted octanol–water partition coefficient (Wildman–Crippen LogP) is 3.49. The number of aromatic nitrogens is 3. The molecule has 2 heterocycles. The molecule has 112 valence electrons. The summed E-state index contributed by atoms with van der Waals surface area (Å²) in [6, 6.07) is 1.85. The van der Waals surface area contributed by atoms with Gasteiger partial charge in [-0.25, -0.2) is 4.98 Å². The monoisotopic (exact) mass is 304 g/mol. The van der Waals surface area contributed by atoms with Crippen LogP contribution in [0, 0.1) is 6.92 Å². The maximum atomic E-state index is 12.3. The van der Waals surface area contributed by atoms with E-state index in [4.69, 9.17) is 0 Å². The second kappa shape index (κ2) is 5.97. The predicted molar refractivity (Wildman–Crippen MR) is 83.8 cm³/mol. The number of anilines is 1. The molecular formula is C15H20N4OS. The highest BCUT2D eigenvalue weighted by Gasteiger charge is 2.20. The van der Waals surface area contributed by atoms with Crippen LogP contribution in [0.4, 0.5) is 5.82 Å². The molecule has 2 aromatic rings. The van der Waals surface area contributed by atoms with Crippen LogP contribution >= 0.6 is 11.3 Å². The molecule has 0 aliphatic heterocycles. The Labute approximate surface area is 128 Å². The highest BCUT2D eigenvalue weighted by atomic mass is 32.1. The minimum atomic E-state index is -0.156. The Morgan fingerprint density at radius 3 is 2.81 bits per heavy atom. The molecule has 1 N–H and O–H groups in total. The molecule has 5 nitrogen and oxygen atoms in total. The van der Waals surface area contributed by atoms with Gasteiger partial charge in [0.1, 0.15) is 11.5 Å². The number of thiazole rings is 1. The summed E-state index contributed by atoms with van der Waals surface area (Å²) >= 11 is 1.61. The zero-order valence-electron chi connectivity index (χ0n) is 12.4. The number of carbonyl (C=O) groups is 1. The van der Waals surface area contributed by atoms with Crippen LogP contribution in [0.25, 0.3) is 0 Å². The molecule has 1 aliphatic carbocycles. The van der Waals surface area contributed by atoms with E-state index in [1.807, 2.05) is 25.4 Å². The minimum absolute atomic E-state index is 0.156. The molecular weight excluding hydrogens is 284 g/mol. The van der Waals surface area contributed by atoms with Gasteiger partial charge in [0.2, 0.25) is 0 Å². The quantitative estimate of drug-likeness (QED) is 0.944. The Kier molecular flexibility index (Phi) is 4.05. The first-order chi connectivity index (χ1) is 10.1. The molecule has 0 atom stereocenters. The van der Waals surface area contributed by atoms with Crippen molar-refractivity contribution in [1.82, 2.24) is 14.8 Å². The number of carbonyl (C=O) groups excluding carboxylic acids is 1. The standard InChI is InChI=1S/C15H20N4OS/c1-10-8-13(19(2)18-10)17-14(20)12-9-21-15(16-12)11-6-4-3-5-7-11/h8-9,11H,3-7H2,1-2H3,(H,17,20). The fourth-order valence-electron chi connectivity index (χ4n) is 2.84. The molecule has 21 heavy (non-hydrogen) atoms. The molecule has 6 heteroatoms. The van der Waals surface area contributed by atoms with Gasteiger partial charge in [0.25, 0.3) is 5.91 Å². The second-order valence-corrected chi connectivity index (χ2v) is 6.54. The summed E-state index contributed by atoms with van der Waals surface area (Å²) in [5.74, 6) is 1.09. The lowest BCUT2D eigenvalue weighted by molar-refractivity contribution is 0.102. The van der Waals surface area contributed by atoms with Gasteiger partial charge >= 0.3 is 0 Å². The van der Waals surface area contributed by atoms with Gasteiger partial charge in [0.05, 0.1) is 10.7 Å². The largest absolute Gasteiger partial charge is 0.305 e. The highest BCUT2D eigenvalue weighted by molar-refractivity contribution is 7.09. The van der Waals surface area contributed by atoms with Crippen molar-refractivity contribution in [1.29, 1.82) is 0 Å². The Bertz CT molecular complexity index is 640. The van der Waals surface area contributed by atoms with Crippen molar-refractivity contribution < 1.29 is 4.79 Å². The number of hydrogen-bond acceptors (Lipinski definition) is 4. The average molecular weight is 304 g/mol. The Morgan fingerprint density at radius 2 is 2.14 bits per heavy atom. The SMILES string of the molecule is Cc1cc(NC(=O)c2csc(C3CCCCC3)n2)n(C)n1. The fraction of sp³-hybridized carbons (Fsp3) is 0.533. The van der Waals surface area contributed by atoms with Crippen molar-refractivity contribution in [3.05, 3.63) is 27.8 Å². The molecule has 0 saturated heterocycles. The van der Waals surface area contributed by atoms with Crippen LogP contribution in [-0.4, -0.2) is 20.7 Å². The summed E-state index contributed by atoms with van der Waals surface area (Å²) in [6.07, 6.45) is 6.29. The van der Waals surface area contributed by atoms with Gasteiger partial charge in [0.15, 0.2) is 0 Å². The van der Waals surface area contributed by atoms with Crippen LogP contribution in [0.2, 0.25) is 0 Å². The van der Waals surface area contributed by atoms with E-state index in [1.165, 1.54) is 32.1 Å². The van der Waals surface area contributed by atoms with E-state index in [2.05, 4.69) is 15.4 Å². The molecule has 1 amide bonds. The van der Waals surface area contributed by atoms with Crippen molar-refractivity contribution in [2.45, 2.75) is 44.9 Å². The summed E-state index contributed by atoms with van der Waals surface area (Å²) < 4.78 is 1.67. The summed E-state index contributed by atoms with van der Waals surface area (Å²) in [5.41, 5.74) is 1.40. The van der Waals surface area contributed by atoms with Crippen molar-refractivity contribution in [2.24, 2.45) is 7.05 Å². The van der Waals surface area contributed by atoms with Crippen molar-refractivity contribution in [3.63, 3.8) is 0 Å². The second-order valence-electron chi connectivity index (χ2n) is 5.65. The zero-order valence-corrected chi connectivity index (χ0v) is 13.2. The number of aryl methyl sites for hydroxylation is 2. The minimum Gasteiger partial charge on any atom is -0.305 e. The van der Waals surface area contributed by atoms with Gasteiger partial charge in [-0.2, -0.15) is 5.10 Å². The number of nitrogens with one attached hydrogen (secondary N) is 1. The Hall–Kier alpha value is -1.69. The first-order valence-corrected chi connectivity index (χ1v) is 8.29. The molecule has 0 radical (unpaired) electrons. The van der Waals surface area contributed by atoms with E-state index in [0.29, 0.717) is 17.4 Å². The van der Waals surface area contributed by atoms with E-state index < -0.39 is 0 Å². The van der Waals surface area contributed by atoms with Crippen LogP contribution in [0.5, 0.6) is 0 Å². The van der Waals surface area contributed by atoms with E-state index in [9.17, 15) is 4.79 Å². The third-order valence-electron chi connectivity index (χ3n) is 3.95. The molecule has 1 fully saturated rings. The maximum Gasteiger partial charge on any atom is 0.276 e. The number of rotatable bonds is 3. The van der Waals surface area contributed by atoms with Gasteiger partial charge in [-0.1, -0.05) is 19.3 Å². The lowest BCUT2D eigenvalue weighted by Gasteiger charge is -2.18. The fourth-order valence-corrected chi connectivity index (χ4v) is 3.81. The number of amides is 1. The number of hydrogen-bond donors (Lipinski definition) is 1. The van der Waals surface area contributed by atoms with Crippen LogP contribution in [-0.2, 0) is 7.05 Å². The number of nitrogens with zero attached hydrogens (tertiary/aromatic N) is 3. The van der Waals surface area contributed by atoms with Gasteiger partial charge in [-0.05, 0) is 19.8 Å². The van der Waals surface area contributed by atoms with Crippen LogP contribution in [0.15, 0.2) is 11.4 Å². The summed E-state index contributed by atoms with van der Waals surface area (Å²) in [4.78, 5) is 16.8. The first kappa shape index (κ1) is 14.3. The first-order valence-electron chi connectivity index (χ1n) is 7.41. The van der Waals surface area contributed by atoms with E-state index in [1.54, 1.807) is 16.0 Å². The van der Waals surface area contributed by atoms with Crippen molar-refractivity contribution >= 4 is 23.1 Å². The highest BCUT2D eigenvalue weighted by Crippen LogP contribution is 2.34. The topological polar surface area (TPSA) is 59.8 Å². The molecule has 0 spiro atoms. The van der Waals surface area contributed by atoms with Gasteiger partial charge in [-0.3, -0.25) is 9.48 Å². The van der Waals surface area contributed by atoms with Crippen LogP contribution in [0.1, 0.15) is 59.2 Å². The van der Waals surface area contributed by atoms with Crippen LogP contribution < -0.4 is 5.32 Å². The van der Waals surface area contributed by atoms with Gasteiger partial charge in [0, 0.05) is 24.4 Å². The zero-order chi connectivity index (χ0) is 14.8. The molecule has 3 rings (SSSR count).